The van der Waals surface area contributed by atoms with Crippen molar-refractivity contribution in [2.75, 3.05) is 0 Å². The van der Waals surface area contributed by atoms with E-state index in [4.69, 9.17) is 0 Å². The molecule has 3 aromatic rings. The number of aromatic nitrogens is 4. The zero-order valence-corrected chi connectivity index (χ0v) is 11.7. The zero-order chi connectivity index (χ0) is 15.5. The smallest absolute Gasteiger partial charge is 0.272 e. The predicted octanol–water partition coefficient (Wildman–Crippen LogP) is -0.453. The summed E-state index contributed by atoms with van der Waals surface area (Å²) in [5.41, 5.74) is 0.921. The maximum absolute atomic E-state index is 11.8. The first-order chi connectivity index (χ1) is 10.6. The molecule has 0 saturated heterocycles. The third-order valence-corrected chi connectivity index (χ3v) is 3.18. The summed E-state index contributed by atoms with van der Waals surface area (Å²) in [7, 11) is 0. The van der Waals surface area contributed by atoms with Crippen LogP contribution in [0.3, 0.4) is 0 Å². The molecule has 0 fully saturated rings. The Hall–Kier alpha value is -3.15. The van der Waals surface area contributed by atoms with Crippen LogP contribution in [-0.2, 0) is 6.54 Å². The molecule has 0 atom stereocenters. The average molecular weight is 294 g/mol. The molecule has 22 heavy (non-hydrogen) atoms. The summed E-state index contributed by atoms with van der Waals surface area (Å²) in [5.74, 6) is 0. The number of nitrogens with one attached hydrogen (secondary N) is 2. The van der Waals surface area contributed by atoms with E-state index < -0.39 is 11.1 Å². The van der Waals surface area contributed by atoms with Gasteiger partial charge in [-0.15, -0.1) is 0 Å². The van der Waals surface area contributed by atoms with E-state index in [9.17, 15) is 9.59 Å². The molecule has 0 amide bonds. The van der Waals surface area contributed by atoms with Gasteiger partial charge in [-0.05, 0) is 11.6 Å². The van der Waals surface area contributed by atoms with Crippen molar-refractivity contribution in [3.8, 4) is 0 Å². The number of hydrogen-bond acceptors (Lipinski definition) is 3. The summed E-state index contributed by atoms with van der Waals surface area (Å²) in [4.78, 5) is 32.4. The van der Waals surface area contributed by atoms with Gasteiger partial charge in [-0.2, -0.15) is 0 Å². The highest BCUT2D eigenvalue weighted by Crippen LogP contribution is 2.03. The van der Waals surface area contributed by atoms with Crippen LogP contribution in [0.15, 0.2) is 52.4 Å². The van der Waals surface area contributed by atoms with Gasteiger partial charge in [0.15, 0.2) is 0 Å². The van der Waals surface area contributed by atoms with Crippen molar-refractivity contribution in [2.24, 2.45) is 0 Å². The van der Waals surface area contributed by atoms with Gasteiger partial charge >= 0.3 is 0 Å². The Morgan fingerprint density at radius 1 is 1.14 bits per heavy atom. The number of aromatic amines is 2. The molecule has 0 bridgehead atoms. The van der Waals surface area contributed by atoms with Gasteiger partial charge in [-0.1, -0.05) is 36.9 Å². The molecule has 110 valence electrons. The summed E-state index contributed by atoms with van der Waals surface area (Å²) < 4.78 is 1.91. The summed E-state index contributed by atoms with van der Waals surface area (Å²) >= 11 is 0. The van der Waals surface area contributed by atoms with Gasteiger partial charge in [-0.25, -0.2) is 4.98 Å². The van der Waals surface area contributed by atoms with Gasteiger partial charge in [0.2, 0.25) is 0 Å². The van der Waals surface area contributed by atoms with E-state index in [-0.39, 0.29) is 10.7 Å². The Bertz CT molecular complexity index is 1010. The summed E-state index contributed by atoms with van der Waals surface area (Å²) in [6, 6.07) is 9.97. The molecule has 0 saturated carbocycles. The molecular weight excluding hydrogens is 280 g/mol. The summed E-state index contributed by atoms with van der Waals surface area (Å²) in [5, 5.41) is 0.194. The molecule has 0 aliphatic carbocycles. The Morgan fingerprint density at radius 2 is 1.91 bits per heavy atom. The second-order valence-corrected chi connectivity index (χ2v) is 4.90. The number of hydrogen-bond donors (Lipinski definition) is 2. The van der Waals surface area contributed by atoms with E-state index in [1.165, 1.54) is 6.08 Å². The highest BCUT2D eigenvalue weighted by Gasteiger charge is 1.99. The second kappa shape index (κ2) is 5.69. The topological polar surface area (TPSA) is 83.5 Å². The summed E-state index contributed by atoms with van der Waals surface area (Å²) in [6.45, 7) is 4.13. The molecular formula is C16H14N4O2. The maximum atomic E-state index is 11.8. The number of rotatable bonds is 3. The lowest BCUT2D eigenvalue weighted by Crippen LogP contribution is -2.46. The molecule has 0 radical (unpaired) electrons. The minimum atomic E-state index is -0.422. The van der Waals surface area contributed by atoms with Crippen LogP contribution in [0.4, 0.5) is 0 Å². The zero-order valence-electron chi connectivity index (χ0n) is 11.7. The van der Waals surface area contributed by atoms with Crippen LogP contribution in [0.2, 0.25) is 0 Å². The maximum Gasteiger partial charge on any atom is 0.272 e. The fraction of sp³-hybridized carbons (Fsp3) is 0.0625. The fourth-order valence-corrected chi connectivity index (χ4v) is 2.10. The van der Waals surface area contributed by atoms with Crippen LogP contribution in [0.25, 0.3) is 12.7 Å². The van der Waals surface area contributed by atoms with E-state index in [1.54, 1.807) is 6.33 Å². The number of benzene rings is 1. The Labute approximate surface area is 125 Å². The SMILES string of the molecule is C=c1[nH]c(=O)c(=Cc2cn(Cc3ccccc3)cn2)[nH]c1=O. The van der Waals surface area contributed by atoms with Crippen LogP contribution in [0, 0.1) is 0 Å². The molecule has 0 aliphatic heterocycles. The van der Waals surface area contributed by atoms with Gasteiger partial charge in [-0.3, -0.25) is 9.59 Å². The first-order valence-electron chi connectivity index (χ1n) is 6.71. The van der Waals surface area contributed by atoms with Crippen LogP contribution in [0.1, 0.15) is 11.3 Å². The largest absolute Gasteiger partial charge is 0.332 e. The van der Waals surface area contributed by atoms with Crippen LogP contribution >= 0.6 is 0 Å². The Balaban J connectivity index is 1.93. The van der Waals surface area contributed by atoms with E-state index in [0.717, 1.165) is 5.56 Å². The fourth-order valence-electron chi connectivity index (χ4n) is 2.10. The third-order valence-electron chi connectivity index (χ3n) is 3.18. The van der Waals surface area contributed by atoms with Gasteiger partial charge in [0.25, 0.3) is 11.1 Å². The number of nitrogens with zero attached hydrogens (tertiary/aromatic N) is 2. The lowest BCUT2D eigenvalue weighted by Gasteiger charge is -2.00. The van der Waals surface area contributed by atoms with Gasteiger partial charge in [0.1, 0.15) is 5.35 Å². The number of H-pyrrole nitrogens is 2. The molecule has 2 N–H and O–H groups in total. The second-order valence-electron chi connectivity index (χ2n) is 4.90. The minimum absolute atomic E-state index is 0.0387. The minimum Gasteiger partial charge on any atom is -0.332 e. The molecule has 2 aromatic heterocycles. The van der Waals surface area contributed by atoms with Gasteiger partial charge in [0.05, 0.1) is 17.4 Å². The van der Waals surface area contributed by atoms with E-state index in [0.29, 0.717) is 12.2 Å². The molecule has 3 rings (SSSR count). The van der Waals surface area contributed by atoms with E-state index >= 15 is 0 Å². The third kappa shape index (κ3) is 2.95. The van der Waals surface area contributed by atoms with Crippen LogP contribution in [-0.4, -0.2) is 19.5 Å². The van der Waals surface area contributed by atoms with Crippen molar-refractivity contribution < 1.29 is 0 Å². The molecule has 2 heterocycles. The van der Waals surface area contributed by atoms with Gasteiger partial charge < -0.3 is 14.5 Å². The summed E-state index contributed by atoms with van der Waals surface area (Å²) in [6.07, 6.45) is 5.02. The number of imidazole rings is 1. The first-order valence-corrected chi connectivity index (χ1v) is 6.71. The lowest BCUT2D eigenvalue weighted by molar-refractivity contribution is 0.797. The van der Waals surface area contributed by atoms with Crippen molar-refractivity contribution >= 4 is 12.7 Å². The molecule has 0 unspecified atom stereocenters. The van der Waals surface area contributed by atoms with Crippen molar-refractivity contribution in [3.05, 3.63) is 85.5 Å². The Kier molecular flexibility index (Phi) is 3.57. The van der Waals surface area contributed by atoms with Crippen LogP contribution < -0.4 is 21.8 Å². The standard InChI is InChI=1S/C16H14N4O2/c1-11-15(21)19-14(16(22)18-11)7-13-9-20(10-17-13)8-12-5-3-2-4-6-12/h2-7,9-10H,1,8H2,(H,18,22)(H,19,21). The average Bonchev–Trinajstić information content (AvgIpc) is 2.93. The molecule has 6 heteroatoms. The van der Waals surface area contributed by atoms with Crippen LogP contribution in [0.5, 0.6) is 0 Å². The molecule has 6 nitrogen and oxygen atoms in total. The quantitative estimate of drug-likeness (QED) is 0.686. The highest BCUT2D eigenvalue weighted by molar-refractivity contribution is 5.41. The van der Waals surface area contributed by atoms with Crippen molar-refractivity contribution in [1.29, 1.82) is 0 Å². The van der Waals surface area contributed by atoms with Gasteiger partial charge in [0, 0.05) is 12.7 Å². The first kappa shape index (κ1) is 13.8. The Morgan fingerprint density at radius 3 is 2.68 bits per heavy atom. The van der Waals surface area contributed by atoms with Crippen molar-refractivity contribution in [2.45, 2.75) is 6.54 Å². The lowest BCUT2D eigenvalue weighted by atomic mass is 10.2. The van der Waals surface area contributed by atoms with E-state index in [1.807, 2.05) is 41.1 Å². The molecule has 1 aromatic carbocycles. The molecule has 0 spiro atoms. The molecule has 0 aliphatic rings. The predicted molar refractivity (Wildman–Crippen MR) is 83.8 cm³/mol. The normalized spacial score (nSPS) is 11.7. The highest BCUT2D eigenvalue weighted by atomic mass is 16.1. The van der Waals surface area contributed by atoms with Crippen molar-refractivity contribution in [1.82, 2.24) is 19.5 Å². The van der Waals surface area contributed by atoms with E-state index in [2.05, 4.69) is 21.5 Å². The monoisotopic (exact) mass is 294 g/mol. The van der Waals surface area contributed by atoms with Crippen molar-refractivity contribution in [3.63, 3.8) is 0 Å².